The minimum absolute atomic E-state index is 0.131. The Labute approximate surface area is 172 Å². The fourth-order valence-electron chi connectivity index (χ4n) is 3.92. The van der Waals surface area contributed by atoms with Crippen LogP contribution in [-0.2, 0) is 10.5 Å². The number of phenolic OH excluding ortho intramolecular Hbond substituents is 1. The fraction of sp³-hybridized carbons (Fsp3) is 0.227. The van der Waals surface area contributed by atoms with Crippen molar-refractivity contribution in [3.05, 3.63) is 77.0 Å². The molecule has 1 aliphatic heterocycles. The van der Waals surface area contributed by atoms with E-state index < -0.39 is 0 Å². The SMILES string of the molecule is O=C1CCCC2=C1[C@@H](c1cccc(O)c1)n1nc(SCc3ccccc3)nc1N2. The van der Waals surface area contributed by atoms with Crippen LogP contribution in [0.5, 0.6) is 5.75 Å². The summed E-state index contributed by atoms with van der Waals surface area (Å²) in [7, 11) is 0. The molecule has 2 N–H and O–H groups in total. The molecule has 1 atom stereocenters. The van der Waals surface area contributed by atoms with Gasteiger partial charge in [-0.15, -0.1) is 5.10 Å². The Morgan fingerprint density at radius 3 is 2.83 bits per heavy atom. The Kier molecular flexibility index (Phi) is 4.60. The lowest BCUT2D eigenvalue weighted by Gasteiger charge is -2.32. The van der Waals surface area contributed by atoms with E-state index in [-0.39, 0.29) is 17.6 Å². The Balaban J connectivity index is 1.53. The van der Waals surface area contributed by atoms with Crippen LogP contribution < -0.4 is 5.32 Å². The smallest absolute Gasteiger partial charge is 0.227 e. The zero-order valence-corrected chi connectivity index (χ0v) is 16.5. The number of Topliss-reactive ketones (excluding diaryl/α,β-unsaturated/α-hetero) is 1. The summed E-state index contributed by atoms with van der Waals surface area (Å²) >= 11 is 1.57. The molecular weight excluding hydrogens is 384 g/mol. The van der Waals surface area contributed by atoms with Gasteiger partial charge >= 0.3 is 0 Å². The van der Waals surface area contributed by atoms with Crippen LogP contribution in [-0.4, -0.2) is 25.7 Å². The summed E-state index contributed by atoms with van der Waals surface area (Å²) in [5, 5.41) is 18.7. The Bertz CT molecular complexity index is 1110. The topological polar surface area (TPSA) is 80.0 Å². The maximum atomic E-state index is 12.8. The second kappa shape index (κ2) is 7.40. The number of hydrogen-bond acceptors (Lipinski definition) is 6. The average Bonchev–Trinajstić information content (AvgIpc) is 3.14. The maximum absolute atomic E-state index is 12.8. The summed E-state index contributed by atoms with van der Waals surface area (Å²) < 4.78 is 1.78. The zero-order valence-electron chi connectivity index (χ0n) is 15.7. The number of aromatic hydroxyl groups is 1. The van der Waals surface area contributed by atoms with Gasteiger partial charge in [0.05, 0.1) is 0 Å². The number of carbonyl (C=O) groups is 1. The van der Waals surface area contributed by atoms with Gasteiger partial charge in [-0.25, -0.2) is 4.68 Å². The van der Waals surface area contributed by atoms with Crippen LogP contribution in [0.1, 0.15) is 36.4 Å². The summed E-state index contributed by atoms with van der Waals surface area (Å²) in [6.45, 7) is 0. The van der Waals surface area contributed by atoms with E-state index in [1.165, 1.54) is 5.56 Å². The lowest BCUT2D eigenvalue weighted by Crippen LogP contribution is -2.31. The van der Waals surface area contributed by atoms with Gasteiger partial charge in [-0.1, -0.05) is 54.2 Å². The highest BCUT2D eigenvalue weighted by molar-refractivity contribution is 7.98. The molecule has 0 amide bonds. The van der Waals surface area contributed by atoms with Crippen LogP contribution in [0.25, 0.3) is 0 Å². The Hall–Kier alpha value is -3.06. The molecule has 0 radical (unpaired) electrons. The highest BCUT2D eigenvalue weighted by Crippen LogP contribution is 2.41. The van der Waals surface area contributed by atoms with E-state index in [0.29, 0.717) is 17.5 Å². The number of carbonyl (C=O) groups excluding carboxylic acids is 1. The fourth-order valence-corrected chi connectivity index (χ4v) is 4.71. The van der Waals surface area contributed by atoms with Gasteiger partial charge in [-0.3, -0.25) is 4.79 Å². The van der Waals surface area contributed by atoms with Crippen LogP contribution in [0.4, 0.5) is 5.95 Å². The van der Waals surface area contributed by atoms with E-state index in [9.17, 15) is 9.90 Å². The van der Waals surface area contributed by atoms with Gasteiger partial charge < -0.3 is 10.4 Å². The van der Waals surface area contributed by atoms with Crippen molar-refractivity contribution in [3.8, 4) is 5.75 Å². The molecule has 2 aliphatic rings. The molecular formula is C22H20N4O2S. The van der Waals surface area contributed by atoms with E-state index in [4.69, 9.17) is 5.10 Å². The van der Waals surface area contributed by atoms with Crippen molar-refractivity contribution in [2.24, 2.45) is 0 Å². The maximum Gasteiger partial charge on any atom is 0.227 e. The molecule has 0 saturated carbocycles. The van der Waals surface area contributed by atoms with Gasteiger partial charge in [-0.05, 0) is 36.1 Å². The van der Waals surface area contributed by atoms with E-state index >= 15 is 0 Å². The van der Waals surface area contributed by atoms with Crippen LogP contribution in [0.3, 0.4) is 0 Å². The first-order chi connectivity index (χ1) is 14.2. The molecule has 0 unspecified atom stereocenters. The highest BCUT2D eigenvalue weighted by atomic mass is 32.2. The minimum atomic E-state index is -0.375. The summed E-state index contributed by atoms with van der Waals surface area (Å²) in [4.78, 5) is 17.5. The quantitative estimate of drug-likeness (QED) is 0.631. The largest absolute Gasteiger partial charge is 0.508 e. The van der Waals surface area contributed by atoms with Gasteiger partial charge in [-0.2, -0.15) is 4.98 Å². The Morgan fingerprint density at radius 1 is 1.14 bits per heavy atom. The molecule has 7 heteroatoms. The summed E-state index contributed by atoms with van der Waals surface area (Å²) in [6, 6.07) is 16.9. The molecule has 5 rings (SSSR count). The first-order valence-corrected chi connectivity index (χ1v) is 10.6. The number of allylic oxidation sites excluding steroid dienone is 2. The molecule has 29 heavy (non-hydrogen) atoms. The van der Waals surface area contributed by atoms with Gasteiger partial charge in [0.1, 0.15) is 11.8 Å². The molecule has 0 saturated heterocycles. The van der Waals surface area contributed by atoms with Gasteiger partial charge in [0.2, 0.25) is 11.1 Å². The number of phenols is 1. The van der Waals surface area contributed by atoms with Gasteiger partial charge in [0.25, 0.3) is 0 Å². The van der Waals surface area contributed by atoms with Crippen LogP contribution in [0.15, 0.2) is 71.0 Å². The molecule has 0 bridgehead atoms. The second-order valence-electron chi connectivity index (χ2n) is 7.23. The summed E-state index contributed by atoms with van der Waals surface area (Å²) in [5.74, 6) is 1.72. The number of thioether (sulfide) groups is 1. The number of nitrogens with one attached hydrogen (secondary N) is 1. The predicted octanol–water partition coefficient (Wildman–Crippen LogP) is 4.30. The van der Waals surface area contributed by atoms with E-state index in [1.807, 2.05) is 24.3 Å². The molecule has 3 aromatic rings. The van der Waals surface area contributed by atoms with E-state index in [1.54, 1.807) is 34.6 Å². The van der Waals surface area contributed by atoms with Gasteiger partial charge in [0.15, 0.2) is 5.78 Å². The van der Waals surface area contributed by atoms with Crippen LogP contribution in [0, 0.1) is 0 Å². The molecule has 1 aromatic heterocycles. The second-order valence-corrected chi connectivity index (χ2v) is 8.17. The van der Waals surface area contributed by atoms with E-state index in [2.05, 4.69) is 22.4 Å². The number of benzene rings is 2. The number of hydrogen-bond donors (Lipinski definition) is 2. The Morgan fingerprint density at radius 2 is 2.00 bits per heavy atom. The molecule has 0 spiro atoms. The molecule has 0 fully saturated rings. The molecule has 6 nitrogen and oxygen atoms in total. The number of ketones is 1. The number of nitrogens with zero attached hydrogens (tertiary/aromatic N) is 3. The normalized spacial score (nSPS) is 18.2. The first kappa shape index (κ1) is 18.0. The third-order valence-corrected chi connectivity index (χ3v) is 6.15. The molecule has 2 aromatic carbocycles. The number of aromatic nitrogens is 3. The lowest BCUT2D eigenvalue weighted by atomic mass is 9.85. The van der Waals surface area contributed by atoms with Crippen molar-refractivity contribution < 1.29 is 9.90 Å². The lowest BCUT2D eigenvalue weighted by molar-refractivity contribution is -0.116. The predicted molar refractivity (Wildman–Crippen MR) is 112 cm³/mol. The van der Waals surface area contributed by atoms with Crippen molar-refractivity contribution in [2.75, 3.05) is 5.32 Å². The summed E-state index contributed by atoms with van der Waals surface area (Å²) in [5.41, 5.74) is 3.70. The number of rotatable bonds is 4. The van der Waals surface area contributed by atoms with E-state index in [0.717, 1.165) is 35.4 Å². The monoisotopic (exact) mass is 404 g/mol. The summed E-state index contributed by atoms with van der Waals surface area (Å²) in [6.07, 6.45) is 2.19. The van der Waals surface area contributed by atoms with Crippen molar-refractivity contribution in [2.45, 2.75) is 36.2 Å². The number of fused-ring (bicyclic) bond motifs is 1. The molecule has 1 aliphatic carbocycles. The van der Waals surface area contributed by atoms with Gasteiger partial charge in [0, 0.05) is 23.4 Å². The van der Waals surface area contributed by atoms with Crippen molar-refractivity contribution in [1.82, 2.24) is 14.8 Å². The highest BCUT2D eigenvalue weighted by Gasteiger charge is 2.36. The van der Waals surface area contributed by atoms with Crippen LogP contribution in [0.2, 0.25) is 0 Å². The zero-order chi connectivity index (χ0) is 19.8. The molecule has 2 heterocycles. The number of anilines is 1. The standard InChI is InChI=1S/C22H20N4O2S/c27-16-9-4-8-15(12-16)20-19-17(10-5-11-18(19)28)23-21-24-22(25-26(20)21)29-13-14-6-2-1-3-7-14/h1-4,6-9,12,20,27H,5,10-11,13H2,(H,23,24,25)/t20-/m1/s1. The third kappa shape index (κ3) is 3.42. The van der Waals surface area contributed by atoms with Crippen molar-refractivity contribution in [3.63, 3.8) is 0 Å². The third-order valence-electron chi connectivity index (χ3n) is 5.25. The van der Waals surface area contributed by atoms with Crippen molar-refractivity contribution >= 4 is 23.5 Å². The minimum Gasteiger partial charge on any atom is -0.508 e. The van der Waals surface area contributed by atoms with Crippen LogP contribution >= 0.6 is 11.8 Å². The molecule has 146 valence electrons. The van der Waals surface area contributed by atoms with Crippen molar-refractivity contribution in [1.29, 1.82) is 0 Å². The average molecular weight is 404 g/mol. The first-order valence-electron chi connectivity index (χ1n) is 9.64.